The Bertz CT molecular complexity index is 128. The minimum absolute atomic E-state index is 0.0965. The van der Waals surface area contributed by atoms with Crippen molar-refractivity contribution in [1.29, 1.82) is 0 Å². The van der Waals surface area contributed by atoms with E-state index in [4.69, 9.17) is 0 Å². The standard InChI is InChI=1S/C6H8F2O2/c7-6(8)3-10-5-1-4(9)2-5/h5-6H,1-3H2. The number of ether oxygens (including phenoxy) is 1. The van der Waals surface area contributed by atoms with E-state index in [1.807, 2.05) is 0 Å². The number of hydrogen-bond donors (Lipinski definition) is 0. The fourth-order valence-electron chi connectivity index (χ4n) is 0.775. The van der Waals surface area contributed by atoms with E-state index in [1.54, 1.807) is 0 Å². The summed E-state index contributed by atoms with van der Waals surface area (Å²) in [6, 6.07) is 0. The maximum Gasteiger partial charge on any atom is 0.261 e. The molecule has 1 aliphatic carbocycles. The predicted octanol–water partition coefficient (Wildman–Crippen LogP) is 1.000. The van der Waals surface area contributed by atoms with Gasteiger partial charge in [-0.3, -0.25) is 4.79 Å². The lowest BCUT2D eigenvalue weighted by Gasteiger charge is -2.23. The molecule has 0 spiro atoms. The van der Waals surface area contributed by atoms with Gasteiger partial charge in [0, 0.05) is 12.8 Å². The molecule has 0 amide bonds. The molecule has 0 heterocycles. The summed E-state index contributed by atoms with van der Waals surface area (Å²) in [4.78, 5) is 10.3. The third-order valence-electron chi connectivity index (χ3n) is 1.37. The van der Waals surface area contributed by atoms with Gasteiger partial charge in [0.25, 0.3) is 6.43 Å². The van der Waals surface area contributed by atoms with E-state index < -0.39 is 13.0 Å². The van der Waals surface area contributed by atoms with Gasteiger partial charge in [0.05, 0.1) is 6.10 Å². The quantitative estimate of drug-likeness (QED) is 0.599. The second-order valence-electron chi connectivity index (χ2n) is 2.29. The summed E-state index contributed by atoms with van der Waals surface area (Å²) in [5.74, 6) is 0.0965. The number of rotatable bonds is 3. The second-order valence-corrected chi connectivity index (χ2v) is 2.29. The molecule has 0 atom stereocenters. The van der Waals surface area contributed by atoms with Gasteiger partial charge in [0.1, 0.15) is 12.4 Å². The van der Waals surface area contributed by atoms with Crippen LogP contribution < -0.4 is 0 Å². The molecule has 0 aromatic heterocycles. The van der Waals surface area contributed by atoms with E-state index in [0.29, 0.717) is 12.8 Å². The highest BCUT2D eigenvalue weighted by atomic mass is 19.3. The molecule has 0 bridgehead atoms. The van der Waals surface area contributed by atoms with E-state index >= 15 is 0 Å². The van der Waals surface area contributed by atoms with Crippen LogP contribution in [0.15, 0.2) is 0 Å². The van der Waals surface area contributed by atoms with E-state index in [2.05, 4.69) is 4.74 Å². The Kier molecular flexibility index (Phi) is 2.32. The maximum atomic E-state index is 11.4. The van der Waals surface area contributed by atoms with Crippen LogP contribution in [-0.2, 0) is 9.53 Å². The van der Waals surface area contributed by atoms with Gasteiger partial charge in [-0.15, -0.1) is 0 Å². The lowest BCUT2D eigenvalue weighted by atomic mass is 9.94. The largest absolute Gasteiger partial charge is 0.371 e. The van der Waals surface area contributed by atoms with Gasteiger partial charge in [-0.1, -0.05) is 0 Å². The lowest BCUT2D eigenvalue weighted by molar-refractivity contribution is -0.137. The molecule has 1 rings (SSSR count). The maximum absolute atomic E-state index is 11.4. The van der Waals surface area contributed by atoms with Crippen molar-refractivity contribution in [3.63, 3.8) is 0 Å². The highest BCUT2D eigenvalue weighted by Gasteiger charge is 2.27. The highest BCUT2D eigenvalue weighted by molar-refractivity contribution is 5.85. The number of halogens is 2. The van der Waals surface area contributed by atoms with E-state index in [0.717, 1.165) is 0 Å². The van der Waals surface area contributed by atoms with Crippen molar-refractivity contribution in [1.82, 2.24) is 0 Å². The van der Waals surface area contributed by atoms with Crippen molar-refractivity contribution in [3.8, 4) is 0 Å². The summed E-state index contributed by atoms with van der Waals surface area (Å²) < 4.78 is 27.5. The van der Waals surface area contributed by atoms with Crippen molar-refractivity contribution in [2.24, 2.45) is 0 Å². The zero-order valence-corrected chi connectivity index (χ0v) is 5.35. The molecule has 1 fully saturated rings. The van der Waals surface area contributed by atoms with Crippen molar-refractivity contribution in [2.45, 2.75) is 25.4 Å². The number of ketones is 1. The van der Waals surface area contributed by atoms with Crippen LogP contribution in [0.1, 0.15) is 12.8 Å². The van der Waals surface area contributed by atoms with Crippen molar-refractivity contribution in [2.75, 3.05) is 6.61 Å². The molecule has 0 aromatic carbocycles. The predicted molar refractivity (Wildman–Crippen MR) is 30.0 cm³/mol. The van der Waals surface area contributed by atoms with Gasteiger partial charge < -0.3 is 4.74 Å². The molecule has 4 heteroatoms. The molecule has 0 unspecified atom stereocenters. The van der Waals surface area contributed by atoms with Gasteiger partial charge in [0.2, 0.25) is 0 Å². The molecule has 58 valence electrons. The fourth-order valence-corrected chi connectivity index (χ4v) is 0.775. The third-order valence-corrected chi connectivity index (χ3v) is 1.37. The first-order valence-electron chi connectivity index (χ1n) is 3.10. The Labute approximate surface area is 57.2 Å². The van der Waals surface area contributed by atoms with Crippen LogP contribution in [0, 0.1) is 0 Å². The molecule has 0 aromatic rings. The zero-order chi connectivity index (χ0) is 7.56. The molecular weight excluding hydrogens is 142 g/mol. The molecule has 1 saturated carbocycles. The number of carbonyl (C=O) groups is 1. The van der Waals surface area contributed by atoms with E-state index in [-0.39, 0.29) is 11.9 Å². The first kappa shape index (κ1) is 7.60. The Balaban J connectivity index is 2.00. The first-order valence-corrected chi connectivity index (χ1v) is 3.10. The van der Waals surface area contributed by atoms with Gasteiger partial charge in [-0.25, -0.2) is 8.78 Å². The van der Waals surface area contributed by atoms with Crippen molar-refractivity contribution < 1.29 is 18.3 Å². The van der Waals surface area contributed by atoms with Crippen molar-refractivity contribution in [3.05, 3.63) is 0 Å². The fraction of sp³-hybridized carbons (Fsp3) is 0.833. The van der Waals surface area contributed by atoms with Crippen LogP contribution in [0.2, 0.25) is 0 Å². The summed E-state index contributed by atoms with van der Waals surface area (Å²) in [7, 11) is 0. The molecule has 2 nitrogen and oxygen atoms in total. The number of hydrogen-bond acceptors (Lipinski definition) is 2. The lowest BCUT2D eigenvalue weighted by Crippen LogP contribution is -2.32. The molecule has 0 aliphatic heterocycles. The van der Waals surface area contributed by atoms with Crippen LogP contribution in [0.25, 0.3) is 0 Å². The van der Waals surface area contributed by atoms with Crippen LogP contribution in [0.4, 0.5) is 8.78 Å². The molecule has 0 radical (unpaired) electrons. The Hall–Kier alpha value is -0.510. The molecule has 10 heavy (non-hydrogen) atoms. The van der Waals surface area contributed by atoms with Gasteiger partial charge >= 0.3 is 0 Å². The molecular formula is C6H8F2O2. The number of carbonyl (C=O) groups excluding carboxylic acids is 1. The minimum atomic E-state index is -2.42. The Morgan fingerprint density at radius 2 is 2.20 bits per heavy atom. The monoisotopic (exact) mass is 150 g/mol. The summed E-state index contributed by atoms with van der Waals surface area (Å²) >= 11 is 0. The third kappa shape index (κ3) is 2.02. The summed E-state index contributed by atoms with van der Waals surface area (Å²) in [5, 5.41) is 0. The van der Waals surface area contributed by atoms with Gasteiger partial charge in [-0.2, -0.15) is 0 Å². The summed E-state index contributed by atoms with van der Waals surface area (Å²) in [5.41, 5.74) is 0. The Morgan fingerprint density at radius 1 is 1.60 bits per heavy atom. The minimum Gasteiger partial charge on any atom is -0.371 e. The second kappa shape index (κ2) is 3.05. The van der Waals surface area contributed by atoms with Crippen LogP contribution in [0.3, 0.4) is 0 Å². The van der Waals surface area contributed by atoms with Crippen LogP contribution >= 0.6 is 0 Å². The molecule has 0 N–H and O–H groups in total. The average molecular weight is 150 g/mol. The molecule has 1 aliphatic rings. The SMILES string of the molecule is O=C1CC(OCC(F)F)C1. The normalized spacial score (nSPS) is 19.7. The van der Waals surface area contributed by atoms with Crippen LogP contribution in [-0.4, -0.2) is 24.9 Å². The smallest absolute Gasteiger partial charge is 0.261 e. The Morgan fingerprint density at radius 3 is 2.60 bits per heavy atom. The topological polar surface area (TPSA) is 26.3 Å². The van der Waals surface area contributed by atoms with E-state index in [1.165, 1.54) is 0 Å². The number of alkyl halides is 2. The van der Waals surface area contributed by atoms with Crippen LogP contribution in [0.5, 0.6) is 0 Å². The van der Waals surface area contributed by atoms with Crippen molar-refractivity contribution >= 4 is 5.78 Å². The van der Waals surface area contributed by atoms with Gasteiger partial charge in [-0.05, 0) is 0 Å². The highest BCUT2D eigenvalue weighted by Crippen LogP contribution is 2.18. The zero-order valence-electron chi connectivity index (χ0n) is 5.35. The number of Topliss-reactive ketones (excluding diaryl/α,β-unsaturated/α-hetero) is 1. The molecule has 0 saturated heterocycles. The average Bonchev–Trinajstić information content (AvgIpc) is 1.77. The van der Waals surface area contributed by atoms with E-state index in [9.17, 15) is 13.6 Å². The summed E-state index contributed by atoms with van der Waals surface area (Å²) in [6.07, 6.45) is -2.03. The van der Waals surface area contributed by atoms with Gasteiger partial charge in [0.15, 0.2) is 0 Å². The first-order chi connectivity index (χ1) is 4.68. The summed E-state index contributed by atoms with van der Waals surface area (Å²) in [6.45, 7) is -0.544.